The van der Waals surface area contributed by atoms with E-state index in [9.17, 15) is 5.21 Å². The number of hydrogen-bond acceptors (Lipinski definition) is 6. The molecule has 0 atom stereocenters. The van der Waals surface area contributed by atoms with Crippen LogP contribution in [0.2, 0.25) is 10.0 Å². The van der Waals surface area contributed by atoms with Crippen LogP contribution in [0.4, 0.5) is 17.5 Å². The lowest BCUT2D eigenvalue weighted by Gasteiger charge is -2.13. The van der Waals surface area contributed by atoms with E-state index < -0.39 is 0 Å². The van der Waals surface area contributed by atoms with Gasteiger partial charge < -0.3 is 27.1 Å². The molecule has 0 radical (unpaired) electrons. The molecule has 0 spiro atoms. The predicted molar refractivity (Wildman–Crippen MR) is 73.0 cm³/mol. The molecule has 0 saturated carbocycles. The monoisotopic (exact) mass is 301 g/mol. The minimum absolute atomic E-state index is 0.105. The highest BCUT2D eigenvalue weighted by molar-refractivity contribution is 6.35. The SMILES string of the molecule is Nc1c(Oc2ccc(Cl)cc2Cl)nc(N)[n+]([O-])c1N. The summed E-state index contributed by atoms with van der Waals surface area (Å²) in [6, 6.07) is 4.58. The van der Waals surface area contributed by atoms with Crippen molar-refractivity contribution in [3.8, 4) is 11.6 Å². The zero-order valence-electron chi connectivity index (χ0n) is 9.43. The zero-order chi connectivity index (χ0) is 14.2. The molecule has 19 heavy (non-hydrogen) atoms. The van der Waals surface area contributed by atoms with Gasteiger partial charge in [0, 0.05) is 5.02 Å². The third kappa shape index (κ3) is 2.51. The molecule has 2 rings (SSSR count). The number of rotatable bonds is 2. The highest BCUT2D eigenvalue weighted by Crippen LogP contribution is 2.34. The Morgan fingerprint density at radius 3 is 2.53 bits per heavy atom. The van der Waals surface area contributed by atoms with E-state index in [1.165, 1.54) is 12.1 Å². The number of hydrogen-bond donors (Lipinski definition) is 3. The minimum Gasteiger partial charge on any atom is -0.754 e. The highest BCUT2D eigenvalue weighted by Gasteiger charge is 2.18. The molecule has 1 heterocycles. The summed E-state index contributed by atoms with van der Waals surface area (Å²) < 4.78 is 5.57. The molecule has 0 amide bonds. The largest absolute Gasteiger partial charge is 0.754 e. The summed E-state index contributed by atoms with van der Waals surface area (Å²) in [4.78, 5) is 3.70. The number of benzene rings is 1. The van der Waals surface area contributed by atoms with Crippen molar-refractivity contribution in [2.75, 3.05) is 17.2 Å². The molecular weight excluding hydrogens is 293 g/mol. The number of nitrogens with two attached hydrogens (primary N) is 3. The summed E-state index contributed by atoms with van der Waals surface area (Å²) in [6.45, 7) is 0. The van der Waals surface area contributed by atoms with Crippen LogP contribution in [0, 0.1) is 5.21 Å². The molecule has 0 saturated heterocycles. The van der Waals surface area contributed by atoms with Gasteiger partial charge in [-0.15, -0.1) is 0 Å². The second kappa shape index (κ2) is 4.87. The lowest BCUT2D eigenvalue weighted by molar-refractivity contribution is -0.576. The second-order valence-electron chi connectivity index (χ2n) is 3.55. The number of anilines is 3. The lowest BCUT2D eigenvalue weighted by Crippen LogP contribution is -2.36. The fourth-order valence-corrected chi connectivity index (χ4v) is 1.74. The first-order valence-electron chi connectivity index (χ1n) is 4.97. The van der Waals surface area contributed by atoms with Crippen molar-refractivity contribution < 1.29 is 9.47 Å². The van der Waals surface area contributed by atoms with Crippen molar-refractivity contribution in [3.05, 3.63) is 33.5 Å². The van der Waals surface area contributed by atoms with Gasteiger partial charge in [-0.2, -0.15) is 0 Å². The van der Waals surface area contributed by atoms with Crippen LogP contribution in [0.5, 0.6) is 11.6 Å². The normalized spacial score (nSPS) is 10.4. The fraction of sp³-hybridized carbons (Fsp3) is 0. The Morgan fingerprint density at radius 1 is 1.21 bits per heavy atom. The molecule has 0 aliphatic carbocycles. The van der Waals surface area contributed by atoms with E-state index >= 15 is 0 Å². The van der Waals surface area contributed by atoms with E-state index in [0.717, 1.165) is 0 Å². The van der Waals surface area contributed by atoms with Gasteiger partial charge in [-0.05, 0) is 18.2 Å². The Balaban J connectivity index is 2.44. The first-order chi connectivity index (χ1) is 8.90. The maximum atomic E-state index is 11.3. The van der Waals surface area contributed by atoms with Crippen molar-refractivity contribution >= 4 is 40.7 Å². The van der Waals surface area contributed by atoms with Crippen LogP contribution >= 0.6 is 23.2 Å². The molecule has 2 aromatic rings. The van der Waals surface area contributed by atoms with Gasteiger partial charge in [0.1, 0.15) is 5.75 Å². The van der Waals surface area contributed by atoms with Crippen molar-refractivity contribution in [2.45, 2.75) is 0 Å². The van der Waals surface area contributed by atoms with Gasteiger partial charge in [-0.25, -0.2) is 4.73 Å². The van der Waals surface area contributed by atoms with Crippen LogP contribution in [0.3, 0.4) is 0 Å². The minimum atomic E-state index is -0.383. The molecule has 0 bridgehead atoms. The average molecular weight is 302 g/mol. The van der Waals surface area contributed by atoms with Gasteiger partial charge in [0.25, 0.3) is 0 Å². The van der Waals surface area contributed by atoms with E-state index in [2.05, 4.69) is 4.98 Å². The maximum absolute atomic E-state index is 11.3. The number of nitrogens with zero attached hydrogens (tertiary/aromatic N) is 2. The zero-order valence-corrected chi connectivity index (χ0v) is 10.9. The van der Waals surface area contributed by atoms with E-state index in [1.807, 2.05) is 0 Å². The predicted octanol–water partition coefficient (Wildman–Crippen LogP) is 1.56. The molecule has 1 aromatic heterocycles. The van der Waals surface area contributed by atoms with Crippen LogP contribution in [-0.4, -0.2) is 4.98 Å². The van der Waals surface area contributed by atoms with Crippen LogP contribution in [0.1, 0.15) is 0 Å². The quantitative estimate of drug-likeness (QED) is 0.570. The number of ether oxygens (including phenoxy) is 1. The fourth-order valence-electron chi connectivity index (χ4n) is 1.29. The van der Waals surface area contributed by atoms with Crippen LogP contribution < -0.4 is 26.7 Å². The van der Waals surface area contributed by atoms with E-state index in [1.54, 1.807) is 6.07 Å². The maximum Gasteiger partial charge on any atom is 0.347 e. The molecule has 0 unspecified atom stereocenters. The summed E-state index contributed by atoms with van der Waals surface area (Å²) in [5, 5.41) is 12.0. The number of nitrogen functional groups attached to an aromatic ring is 3. The Bertz CT molecular complexity index is 650. The van der Waals surface area contributed by atoms with Gasteiger partial charge in [0.05, 0.1) is 5.02 Å². The van der Waals surface area contributed by atoms with Gasteiger partial charge in [0.2, 0.25) is 5.82 Å². The second-order valence-corrected chi connectivity index (χ2v) is 4.39. The van der Waals surface area contributed by atoms with Crippen molar-refractivity contribution in [1.29, 1.82) is 0 Å². The molecule has 0 fully saturated rings. The summed E-state index contributed by atoms with van der Waals surface area (Å²) in [5.41, 5.74) is 16.3. The Hall–Kier alpha value is -2.12. The summed E-state index contributed by atoms with van der Waals surface area (Å²) in [7, 11) is 0. The molecule has 1 aromatic carbocycles. The van der Waals surface area contributed by atoms with Gasteiger partial charge in [-0.3, -0.25) is 0 Å². The van der Waals surface area contributed by atoms with E-state index in [4.69, 9.17) is 45.1 Å². The number of halogens is 2. The van der Waals surface area contributed by atoms with Gasteiger partial charge >= 0.3 is 11.8 Å². The van der Waals surface area contributed by atoms with Gasteiger partial charge in [0.15, 0.2) is 5.69 Å². The summed E-state index contributed by atoms with van der Waals surface area (Å²) >= 11 is 11.7. The first-order valence-corrected chi connectivity index (χ1v) is 5.72. The Kier molecular flexibility index (Phi) is 3.41. The van der Waals surface area contributed by atoms with E-state index in [0.29, 0.717) is 5.02 Å². The van der Waals surface area contributed by atoms with Crippen LogP contribution in [0.15, 0.2) is 18.2 Å². The third-order valence-electron chi connectivity index (χ3n) is 2.25. The van der Waals surface area contributed by atoms with Gasteiger partial charge in [-0.1, -0.05) is 28.2 Å². The smallest absolute Gasteiger partial charge is 0.347 e. The Morgan fingerprint density at radius 2 is 1.89 bits per heavy atom. The third-order valence-corrected chi connectivity index (χ3v) is 2.78. The van der Waals surface area contributed by atoms with E-state index in [-0.39, 0.29) is 38.8 Å². The molecule has 100 valence electrons. The lowest BCUT2D eigenvalue weighted by atomic mass is 10.3. The van der Waals surface area contributed by atoms with Crippen LogP contribution in [0.25, 0.3) is 0 Å². The summed E-state index contributed by atoms with van der Waals surface area (Å²) in [6.07, 6.45) is 0. The first kappa shape index (κ1) is 13.3. The molecule has 0 aliphatic rings. The Labute approximate surface area is 118 Å². The molecule has 6 N–H and O–H groups in total. The van der Waals surface area contributed by atoms with Crippen LogP contribution in [-0.2, 0) is 0 Å². The van der Waals surface area contributed by atoms with Crippen molar-refractivity contribution in [1.82, 2.24) is 4.98 Å². The topological polar surface area (TPSA) is 127 Å². The van der Waals surface area contributed by atoms with Crippen molar-refractivity contribution in [3.63, 3.8) is 0 Å². The molecular formula is C10H9Cl2N5O2. The van der Waals surface area contributed by atoms with Crippen molar-refractivity contribution in [2.24, 2.45) is 0 Å². The molecule has 9 heteroatoms. The number of aromatic nitrogens is 2. The average Bonchev–Trinajstić information content (AvgIpc) is 2.36. The molecule has 7 nitrogen and oxygen atoms in total. The highest BCUT2D eigenvalue weighted by atomic mass is 35.5. The standard InChI is InChI=1S/C10H9Cl2N5O2/c11-4-1-2-6(5(12)3-4)19-9-7(13)8(14)17(18)10(15)16-9/h1-3H,13-14H2,(H2,15,16). The molecule has 0 aliphatic heterocycles. The summed E-state index contributed by atoms with van der Waals surface area (Å²) in [5.74, 6) is -0.529.